The van der Waals surface area contributed by atoms with Gasteiger partial charge < -0.3 is 9.73 Å². The van der Waals surface area contributed by atoms with Gasteiger partial charge in [-0.05, 0) is 39.3 Å². The molecule has 0 spiro atoms. The van der Waals surface area contributed by atoms with E-state index in [1.54, 1.807) is 6.26 Å². The van der Waals surface area contributed by atoms with Crippen LogP contribution < -0.4 is 5.32 Å². The van der Waals surface area contributed by atoms with E-state index in [9.17, 15) is 4.79 Å². The summed E-state index contributed by atoms with van der Waals surface area (Å²) in [6.07, 6.45) is 2.03. The lowest BCUT2D eigenvalue weighted by molar-refractivity contribution is -0.121. The molecule has 0 aliphatic rings. The fourth-order valence-electron chi connectivity index (χ4n) is 1.96. The van der Waals surface area contributed by atoms with Crippen LogP contribution in [0, 0.1) is 6.92 Å². The van der Waals surface area contributed by atoms with Crippen LogP contribution in [-0.2, 0) is 11.2 Å². The van der Waals surface area contributed by atoms with Gasteiger partial charge in [0.05, 0.1) is 12.7 Å². The van der Waals surface area contributed by atoms with Crippen molar-refractivity contribution in [1.29, 1.82) is 0 Å². The van der Waals surface area contributed by atoms with E-state index in [4.69, 9.17) is 4.42 Å². The van der Waals surface area contributed by atoms with Gasteiger partial charge in [-0.1, -0.05) is 12.1 Å². The molecule has 1 N–H and O–H groups in total. The van der Waals surface area contributed by atoms with Crippen molar-refractivity contribution in [2.45, 2.75) is 39.7 Å². The molecular formula is C15H19NO2. The Morgan fingerprint density at radius 2 is 2.06 bits per heavy atom. The predicted octanol–water partition coefficient (Wildman–Crippen LogP) is 3.20. The maximum Gasteiger partial charge on any atom is 0.224 e. The van der Waals surface area contributed by atoms with Crippen LogP contribution in [0.5, 0.6) is 0 Å². The van der Waals surface area contributed by atoms with E-state index in [1.165, 1.54) is 0 Å². The number of hydrogen-bond donors (Lipinski definition) is 1. The highest BCUT2D eigenvalue weighted by Gasteiger charge is 2.16. The lowest BCUT2D eigenvalue weighted by Crippen LogP contribution is -2.41. The number of amides is 1. The summed E-state index contributed by atoms with van der Waals surface area (Å²) < 4.78 is 5.48. The van der Waals surface area contributed by atoms with Crippen LogP contribution in [0.15, 0.2) is 28.9 Å². The highest BCUT2D eigenvalue weighted by atomic mass is 16.3. The Balaban J connectivity index is 2.20. The van der Waals surface area contributed by atoms with Gasteiger partial charge in [0, 0.05) is 16.5 Å². The second kappa shape index (κ2) is 4.48. The van der Waals surface area contributed by atoms with Crippen molar-refractivity contribution in [1.82, 2.24) is 5.32 Å². The molecule has 0 bridgehead atoms. The molecule has 0 radical (unpaired) electrons. The van der Waals surface area contributed by atoms with Crippen molar-refractivity contribution in [3.05, 3.63) is 35.6 Å². The van der Waals surface area contributed by atoms with E-state index in [2.05, 4.69) is 5.32 Å². The summed E-state index contributed by atoms with van der Waals surface area (Å²) in [5.74, 6) is 0.0192. The summed E-state index contributed by atoms with van der Waals surface area (Å²) in [6.45, 7) is 7.94. The lowest BCUT2D eigenvalue weighted by atomic mass is 10.1. The fraction of sp³-hybridized carbons (Fsp3) is 0.400. The Kier molecular flexibility index (Phi) is 3.16. The normalized spacial score (nSPS) is 11.8. The van der Waals surface area contributed by atoms with Crippen molar-refractivity contribution < 1.29 is 9.21 Å². The molecule has 18 heavy (non-hydrogen) atoms. The monoisotopic (exact) mass is 245 g/mol. The second-order valence-electron chi connectivity index (χ2n) is 5.74. The topological polar surface area (TPSA) is 42.2 Å². The number of carbonyl (C=O) groups excluding carboxylic acids is 1. The van der Waals surface area contributed by atoms with Gasteiger partial charge in [0.15, 0.2) is 0 Å². The second-order valence-corrected chi connectivity index (χ2v) is 5.74. The van der Waals surface area contributed by atoms with E-state index in [-0.39, 0.29) is 11.4 Å². The smallest absolute Gasteiger partial charge is 0.224 e. The quantitative estimate of drug-likeness (QED) is 0.882. The maximum absolute atomic E-state index is 11.9. The zero-order chi connectivity index (χ0) is 13.3. The number of benzene rings is 1. The Morgan fingerprint density at radius 1 is 1.33 bits per heavy atom. The van der Waals surface area contributed by atoms with Crippen molar-refractivity contribution in [2.75, 3.05) is 0 Å². The summed E-state index contributed by atoms with van der Waals surface area (Å²) >= 11 is 0. The van der Waals surface area contributed by atoms with Gasteiger partial charge in [0.25, 0.3) is 0 Å². The third-order valence-electron chi connectivity index (χ3n) is 2.68. The molecule has 0 fully saturated rings. The Bertz CT molecular complexity index is 576. The number of hydrogen-bond acceptors (Lipinski definition) is 2. The zero-order valence-electron chi connectivity index (χ0n) is 11.3. The molecule has 96 valence electrons. The number of furan rings is 1. The molecule has 1 heterocycles. The Morgan fingerprint density at radius 3 is 2.72 bits per heavy atom. The molecule has 0 atom stereocenters. The molecule has 1 aromatic heterocycles. The third kappa shape index (κ3) is 2.92. The highest BCUT2D eigenvalue weighted by Crippen LogP contribution is 2.22. The number of aryl methyl sites for hydroxylation is 1. The van der Waals surface area contributed by atoms with Gasteiger partial charge in [-0.3, -0.25) is 4.79 Å². The maximum atomic E-state index is 11.9. The average molecular weight is 245 g/mol. The van der Waals surface area contributed by atoms with Crippen LogP contribution in [-0.4, -0.2) is 11.4 Å². The molecule has 2 aromatic rings. The van der Waals surface area contributed by atoms with Gasteiger partial charge in [0.1, 0.15) is 5.58 Å². The Labute approximate surface area is 107 Å². The van der Waals surface area contributed by atoms with Crippen LogP contribution in [0.3, 0.4) is 0 Å². The first kappa shape index (κ1) is 12.7. The van der Waals surface area contributed by atoms with E-state index >= 15 is 0 Å². The van der Waals surface area contributed by atoms with Crippen LogP contribution in [0.2, 0.25) is 0 Å². The molecule has 0 saturated heterocycles. The average Bonchev–Trinajstić information content (AvgIpc) is 2.57. The van der Waals surface area contributed by atoms with Crippen molar-refractivity contribution in [3.8, 4) is 0 Å². The van der Waals surface area contributed by atoms with Gasteiger partial charge in [-0.25, -0.2) is 0 Å². The highest BCUT2D eigenvalue weighted by molar-refractivity contribution is 5.88. The van der Waals surface area contributed by atoms with Gasteiger partial charge in [-0.2, -0.15) is 0 Å². The molecule has 2 rings (SSSR count). The first-order chi connectivity index (χ1) is 8.35. The SMILES string of the molecule is Cc1ccc2c(CC(=O)NC(C)(C)C)coc2c1. The standard InChI is InChI=1S/C15H19NO2/c1-10-5-6-12-11(9-18-13(12)7-10)8-14(17)16-15(2,3)4/h5-7,9H,8H2,1-4H3,(H,16,17). The van der Waals surface area contributed by atoms with Crippen LogP contribution in [0.1, 0.15) is 31.9 Å². The van der Waals surface area contributed by atoms with E-state index in [0.717, 1.165) is 22.1 Å². The van der Waals surface area contributed by atoms with E-state index in [0.29, 0.717) is 6.42 Å². The van der Waals surface area contributed by atoms with E-state index < -0.39 is 0 Å². The van der Waals surface area contributed by atoms with Crippen molar-refractivity contribution >= 4 is 16.9 Å². The Hall–Kier alpha value is -1.77. The van der Waals surface area contributed by atoms with Crippen molar-refractivity contribution in [2.24, 2.45) is 0 Å². The van der Waals surface area contributed by atoms with Gasteiger partial charge in [0.2, 0.25) is 5.91 Å². The lowest BCUT2D eigenvalue weighted by Gasteiger charge is -2.20. The molecule has 0 saturated carbocycles. The number of rotatable bonds is 2. The fourth-order valence-corrected chi connectivity index (χ4v) is 1.96. The van der Waals surface area contributed by atoms with E-state index in [1.807, 2.05) is 45.9 Å². The molecule has 0 aliphatic heterocycles. The predicted molar refractivity (Wildman–Crippen MR) is 72.6 cm³/mol. The van der Waals surface area contributed by atoms with Gasteiger partial charge >= 0.3 is 0 Å². The van der Waals surface area contributed by atoms with Crippen LogP contribution in [0.4, 0.5) is 0 Å². The van der Waals surface area contributed by atoms with Crippen LogP contribution in [0.25, 0.3) is 11.0 Å². The zero-order valence-corrected chi connectivity index (χ0v) is 11.3. The minimum absolute atomic E-state index is 0.0192. The van der Waals surface area contributed by atoms with Gasteiger partial charge in [-0.15, -0.1) is 0 Å². The van der Waals surface area contributed by atoms with Crippen LogP contribution >= 0.6 is 0 Å². The minimum atomic E-state index is -0.201. The molecule has 1 aromatic carbocycles. The minimum Gasteiger partial charge on any atom is -0.464 e. The largest absolute Gasteiger partial charge is 0.464 e. The summed E-state index contributed by atoms with van der Waals surface area (Å²) in [4.78, 5) is 11.9. The summed E-state index contributed by atoms with van der Waals surface area (Å²) in [5.41, 5.74) is 2.73. The first-order valence-electron chi connectivity index (χ1n) is 6.13. The third-order valence-corrected chi connectivity index (χ3v) is 2.68. The summed E-state index contributed by atoms with van der Waals surface area (Å²) in [6, 6.07) is 6.03. The number of carbonyl (C=O) groups is 1. The molecule has 3 heteroatoms. The first-order valence-corrected chi connectivity index (χ1v) is 6.13. The summed E-state index contributed by atoms with van der Waals surface area (Å²) in [7, 11) is 0. The summed E-state index contributed by atoms with van der Waals surface area (Å²) in [5, 5.41) is 3.97. The molecule has 0 unspecified atom stereocenters. The molecule has 1 amide bonds. The molecule has 0 aliphatic carbocycles. The molecular weight excluding hydrogens is 226 g/mol. The number of nitrogens with one attached hydrogen (secondary N) is 1. The van der Waals surface area contributed by atoms with Crippen molar-refractivity contribution in [3.63, 3.8) is 0 Å². The number of fused-ring (bicyclic) bond motifs is 1. The molecule has 3 nitrogen and oxygen atoms in total.